The first-order chi connectivity index (χ1) is 14.0. The number of piperazine rings is 1. The van der Waals surface area contributed by atoms with Crippen molar-refractivity contribution in [3.63, 3.8) is 0 Å². The molecule has 1 fully saturated rings. The van der Waals surface area contributed by atoms with E-state index in [1.807, 2.05) is 9.58 Å². The average Bonchev–Trinajstić information content (AvgIpc) is 3.39. The fraction of sp³-hybridized carbons (Fsp3) is 0.579. The number of nitrogens with one attached hydrogen (secondary N) is 1. The van der Waals surface area contributed by atoms with Gasteiger partial charge in [0.05, 0.1) is 30.6 Å². The van der Waals surface area contributed by atoms with E-state index in [2.05, 4.69) is 27.5 Å². The topological polar surface area (TPSA) is 106 Å². The number of rotatable bonds is 5. The van der Waals surface area contributed by atoms with Crippen molar-refractivity contribution in [2.45, 2.75) is 19.4 Å². The maximum atomic E-state index is 13.0. The molecule has 0 bridgehead atoms. The Morgan fingerprint density at radius 1 is 1.28 bits per heavy atom. The number of hydrogen-bond acceptors (Lipinski definition) is 7. The number of methoxy groups -OCH3 is 1. The normalized spacial score (nSPS) is 19.7. The summed E-state index contributed by atoms with van der Waals surface area (Å²) < 4.78 is 11.8. The zero-order valence-electron chi connectivity index (χ0n) is 16.8. The second-order valence-corrected chi connectivity index (χ2v) is 7.63. The first-order valence-electron chi connectivity index (χ1n) is 9.86. The van der Waals surface area contributed by atoms with Crippen molar-refractivity contribution in [2.24, 2.45) is 5.92 Å². The number of nitrogens with zero attached hydrogens (tertiary/aromatic N) is 5. The van der Waals surface area contributed by atoms with Crippen molar-refractivity contribution in [3.8, 4) is 5.88 Å². The van der Waals surface area contributed by atoms with Gasteiger partial charge < -0.3 is 24.4 Å². The highest BCUT2D eigenvalue weighted by Crippen LogP contribution is 2.24. The number of aromatic nitrogens is 3. The van der Waals surface area contributed by atoms with Crippen LogP contribution in [-0.4, -0.2) is 83.4 Å². The molecule has 0 radical (unpaired) electrons. The van der Waals surface area contributed by atoms with Crippen LogP contribution in [0.4, 0.5) is 0 Å². The molecular formula is C19H26N6O4. The lowest BCUT2D eigenvalue weighted by Crippen LogP contribution is -2.47. The summed E-state index contributed by atoms with van der Waals surface area (Å²) in [6.07, 6.45) is 3.28. The largest absolute Gasteiger partial charge is 0.479 e. The Morgan fingerprint density at radius 3 is 2.79 bits per heavy atom. The van der Waals surface area contributed by atoms with Crippen molar-refractivity contribution in [2.75, 3.05) is 46.9 Å². The Labute approximate surface area is 168 Å². The maximum absolute atomic E-state index is 13.0. The van der Waals surface area contributed by atoms with E-state index in [4.69, 9.17) is 9.26 Å². The molecule has 1 atom stereocenters. The van der Waals surface area contributed by atoms with Gasteiger partial charge in [-0.3, -0.25) is 14.3 Å². The summed E-state index contributed by atoms with van der Waals surface area (Å²) in [5.41, 5.74) is 1.64. The molecule has 2 aliphatic heterocycles. The molecule has 0 aromatic carbocycles. The molecule has 0 aliphatic carbocycles. The molecule has 0 spiro atoms. The van der Waals surface area contributed by atoms with Crippen molar-refractivity contribution in [1.29, 1.82) is 0 Å². The second kappa shape index (κ2) is 8.24. The van der Waals surface area contributed by atoms with Gasteiger partial charge in [0.1, 0.15) is 0 Å². The van der Waals surface area contributed by atoms with Crippen LogP contribution in [0.1, 0.15) is 33.0 Å². The summed E-state index contributed by atoms with van der Waals surface area (Å²) in [5, 5.41) is 10.9. The third-order valence-corrected chi connectivity index (χ3v) is 5.67. The minimum absolute atomic E-state index is 0.0535. The number of hydrogen-bond donors (Lipinski definition) is 1. The van der Waals surface area contributed by atoms with Crippen molar-refractivity contribution < 1.29 is 18.8 Å². The molecule has 2 aliphatic rings. The molecule has 156 valence electrons. The van der Waals surface area contributed by atoms with Crippen LogP contribution < -0.4 is 10.1 Å². The SMILES string of the molecule is COc1cc(C(=O)NC[C@@H]2CCn3ncc(C(=O)N4CCN(C)CC4)c3C2)on1. The number of fused-ring (bicyclic) bond motifs is 1. The maximum Gasteiger partial charge on any atom is 0.290 e. The summed E-state index contributed by atoms with van der Waals surface area (Å²) in [6, 6.07) is 1.46. The second-order valence-electron chi connectivity index (χ2n) is 7.63. The van der Waals surface area contributed by atoms with Gasteiger partial charge in [0.15, 0.2) is 0 Å². The molecule has 2 amide bonds. The van der Waals surface area contributed by atoms with E-state index < -0.39 is 0 Å². The highest BCUT2D eigenvalue weighted by Gasteiger charge is 2.29. The average molecular weight is 402 g/mol. The molecule has 0 unspecified atom stereocenters. The minimum Gasteiger partial charge on any atom is -0.479 e. The highest BCUT2D eigenvalue weighted by molar-refractivity contribution is 5.95. The standard InChI is InChI=1S/C19H26N6O4/c1-23-5-7-24(8-6-23)19(27)14-12-21-25-4-3-13(9-15(14)25)11-20-18(26)16-10-17(28-2)22-29-16/h10,12-13H,3-9,11H2,1-2H3,(H,20,26)/t13-/m1/s1. The van der Waals surface area contributed by atoms with E-state index in [-0.39, 0.29) is 29.4 Å². The Balaban J connectivity index is 1.37. The molecule has 4 heterocycles. The molecule has 4 rings (SSSR count). The number of carbonyl (C=O) groups excluding carboxylic acids is 2. The zero-order valence-corrected chi connectivity index (χ0v) is 16.8. The number of aryl methyl sites for hydroxylation is 1. The van der Waals surface area contributed by atoms with Gasteiger partial charge in [0, 0.05) is 39.3 Å². The summed E-state index contributed by atoms with van der Waals surface area (Å²) in [4.78, 5) is 29.3. The Morgan fingerprint density at radius 2 is 2.07 bits per heavy atom. The fourth-order valence-electron chi connectivity index (χ4n) is 3.82. The number of ether oxygens (including phenoxy) is 1. The van der Waals surface area contributed by atoms with E-state index in [1.165, 1.54) is 13.2 Å². The van der Waals surface area contributed by atoms with Crippen LogP contribution in [-0.2, 0) is 13.0 Å². The van der Waals surface area contributed by atoms with Crippen molar-refractivity contribution in [1.82, 2.24) is 30.1 Å². The van der Waals surface area contributed by atoms with Gasteiger partial charge in [-0.15, -0.1) is 0 Å². The quantitative estimate of drug-likeness (QED) is 0.765. The molecule has 2 aromatic rings. The lowest BCUT2D eigenvalue weighted by atomic mass is 9.94. The molecular weight excluding hydrogens is 376 g/mol. The fourth-order valence-corrected chi connectivity index (χ4v) is 3.82. The van der Waals surface area contributed by atoms with Gasteiger partial charge >= 0.3 is 0 Å². The van der Waals surface area contributed by atoms with Crippen LogP contribution >= 0.6 is 0 Å². The summed E-state index contributed by atoms with van der Waals surface area (Å²) >= 11 is 0. The third kappa shape index (κ3) is 4.12. The predicted octanol–water partition coefficient (Wildman–Crippen LogP) is 0.260. The smallest absolute Gasteiger partial charge is 0.290 e. The molecule has 1 saturated heterocycles. The first-order valence-corrected chi connectivity index (χ1v) is 9.86. The Bertz CT molecular complexity index is 883. The third-order valence-electron chi connectivity index (χ3n) is 5.67. The highest BCUT2D eigenvalue weighted by atomic mass is 16.5. The van der Waals surface area contributed by atoms with Crippen LogP contribution in [0.3, 0.4) is 0 Å². The van der Waals surface area contributed by atoms with Crippen LogP contribution in [0.2, 0.25) is 0 Å². The van der Waals surface area contributed by atoms with Gasteiger partial charge in [0.2, 0.25) is 5.76 Å². The van der Waals surface area contributed by atoms with E-state index in [0.29, 0.717) is 18.5 Å². The molecule has 2 aromatic heterocycles. The molecule has 1 N–H and O–H groups in total. The van der Waals surface area contributed by atoms with Gasteiger partial charge in [-0.05, 0) is 31.0 Å². The zero-order chi connectivity index (χ0) is 20.4. The number of likely N-dealkylation sites (N-methyl/N-ethyl adjacent to an activating group) is 1. The van der Waals surface area contributed by atoms with Crippen LogP contribution in [0.5, 0.6) is 5.88 Å². The molecule has 0 saturated carbocycles. The van der Waals surface area contributed by atoms with Crippen molar-refractivity contribution >= 4 is 11.8 Å². The summed E-state index contributed by atoms with van der Waals surface area (Å²) in [5.74, 6) is 0.343. The predicted molar refractivity (Wildman–Crippen MR) is 103 cm³/mol. The Hall–Kier alpha value is -2.88. The summed E-state index contributed by atoms with van der Waals surface area (Å²) in [6.45, 7) is 4.48. The van der Waals surface area contributed by atoms with E-state index in [1.54, 1.807) is 6.20 Å². The summed E-state index contributed by atoms with van der Waals surface area (Å²) in [7, 11) is 3.53. The van der Waals surface area contributed by atoms with Gasteiger partial charge in [-0.2, -0.15) is 5.10 Å². The molecule has 29 heavy (non-hydrogen) atoms. The van der Waals surface area contributed by atoms with Gasteiger partial charge in [0.25, 0.3) is 17.7 Å². The van der Waals surface area contributed by atoms with Crippen molar-refractivity contribution in [3.05, 3.63) is 29.3 Å². The minimum atomic E-state index is -0.325. The van der Waals surface area contributed by atoms with Crippen LogP contribution in [0.15, 0.2) is 16.8 Å². The lowest BCUT2D eigenvalue weighted by molar-refractivity contribution is 0.0661. The Kier molecular flexibility index (Phi) is 5.52. The lowest BCUT2D eigenvalue weighted by Gasteiger charge is -2.32. The van der Waals surface area contributed by atoms with E-state index in [0.717, 1.165) is 44.8 Å². The van der Waals surface area contributed by atoms with Gasteiger partial charge in [-0.1, -0.05) is 0 Å². The number of amides is 2. The first kappa shape index (κ1) is 19.4. The molecule has 10 heteroatoms. The monoisotopic (exact) mass is 402 g/mol. The van der Waals surface area contributed by atoms with E-state index in [9.17, 15) is 9.59 Å². The molecule has 10 nitrogen and oxygen atoms in total. The number of carbonyl (C=O) groups is 2. The van der Waals surface area contributed by atoms with Gasteiger partial charge in [-0.25, -0.2) is 0 Å². The van der Waals surface area contributed by atoms with Crippen LogP contribution in [0, 0.1) is 5.92 Å². The van der Waals surface area contributed by atoms with E-state index >= 15 is 0 Å². The van der Waals surface area contributed by atoms with Crippen LogP contribution in [0.25, 0.3) is 0 Å².